The van der Waals surface area contributed by atoms with Gasteiger partial charge in [-0.05, 0) is 24.1 Å². The molecule has 2 aliphatic rings. The van der Waals surface area contributed by atoms with Gasteiger partial charge in [0.2, 0.25) is 0 Å². The topological polar surface area (TPSA) is 59.4 Å². The van der Waals surface area contributed by atoms with Crippen molar-refractivity contribution in [2.45, 2.75) is 18.4 Å². The number of nitrogens with one attached hydrogen (secondary N) is 1. The Bertz CT molecular complexity index is 562. The Morgan fingerprint density at radius 2 is 2.00 bits per heavy atom. The fourth-order valence-electron chi connectivity index (χ4n) is 2.82. The van der Waals surface area contributed by atoms with Gasteiger partial charge in [0.15, 0.2) is 6.19 Å². The number of rotatable bonds is 2. The van der Waals surface area contributed by atoms with Crippen LogP contribution >= 0.6 is 11.6 Å². The third-order valence-corrected chi connectivity index (χ3v) is 4.42. The van der Waals surface area contributed by atoms with Crippen LogP contribution in [0.2, 0.25) is 5.02 Å². The molecule has 0 unspecified atom stereocenters. The van der Waals surface area contributed by atoms with E-state index < -0.39 is 0 Å². The monoisotopic (exact) mass is 304 g/mol. The molecule has 0 saturated carbocycles. The second-order valence-electron chi connectivity index (χ2n) is 5.63. The minimum absolute atomic E-state index is 0.0231. The highest BCUT2D eigenvalue weighted by atomic mass is 35.5. The van der Waals surface area contributed by atoms with Crippen LogP contribution in [0.3, 0.4) is 0 Å². The van der Waals surface area contributed by atoms with Crippen molar-refractivity contribution in [2.24, 2.45) is 0 Å². The lowest BCUT2D eigenvalue weighted by atomic mass is 9.92. The van der Waals surface area contributed by atoms with Crippen LogP contribution in [0, 0.1) is 11.5 Å². The lowest BCUT2D eigenvalue weighted by Gasteiger charge is -2.40. The lowest BCUT2D eigenvalue weighted by Crippen LogP contribution is -2.54. The number of carbonyl (C=O) groups is 1. The number of nitriles is 1. The van der Waals surface area contributed by atoms with E-state index in [9.17, 15) is 4.79 Å². The van der Waals surface area contributed by atoms with Crippen LogP contribution in [-0.4, -0.2) is 48.1 Å². The van der Waals surface area contributed by atoms with Gasteiger partial charge in [0.1, 0.15) is 0 Å². The number of likely N-dealkylation sites (tertiary alicyclic amines) is 2. The minimum atomic E-state index is -0.0231. The number of hydrogen-bond donors (Lipinski definition) is 1. The zero-order chi connectivity index (χ0) is 14.8. The predicted molar refractivity (Wildman–Crippen MR) is 79.9 cm³/mol. The molecule has 2 amide bonds. The van der Waals surface area contributed by atoms with Crippen LogP contribution < -0.4 is 5.32 Å². The molecular weight excluding hydrogens is 288 g/mol. The van der Waals surface area contributed by atoms with Gasteiger partial charge in [-0.3, -0.25) is 0 Å². The highest BCUT2D eigenvalue weighted by Gasteiger charge is 2.33. The largest absolute Gasteiger partial charge is 0.333 e. The number of hydrogen-bond acceptors (Lipinski definition) is 3. The van der Waals surface area contributed by atoms with Crippen LogP contribution in [0.5, 0.6) is 0 Å². The van der Waals surface area contributed by atoms with Crippen molar-refractivity contribution in [3.8, 4) is 6.19 Å². The average Bonchev–Trinajstić information content (AvgIpc) is 2.87. The number of nitrogens with zero attached hydrogens (tertiary/aromatic N) is 3. The normalized spacial score (nSPS) is 21.8. The van der Waals surface area contributed by atoms with Gasteiger partial charge < -0.3 is 15.1 Å². The molecule has 1 aromatic rings. The molecule has 0 radical (unpaired) electrons. The van der Waals surface area contributed by atoms with Crippen molar-refractivity contribution in [1.29, 1.82) is 5.26 Å². The Morgan fingerprint density at radius 1 is 1.29 bits per heavy atom. The van der Waals surface area contributed by atoms with Crippen molar-refractivity contribution in [2.75, 3.05) is 26.2 Å². The lowest BCUT2D eigenvalue weighted by molar-refractivity contribution is 0.148. The summed E-state index contributed by atoms with van der Waals surface area (Å²) in [5, 5.41) is 12.5. The van der Waals surface area contributed by atoms with Crippen molar-refractivity contribution in [1.82, 2.24) is 15.1 Å². The Morgan fingerprint density at radius 3 is 2.62 bits per heavy atom. The van der Waals surface area contributed by atoms with Crippen molar-refractivity contribution >= 4 is 17.6 Å². The van der Waals surface area contributed by atoms with Gasteiger partial charge in [-0.2, -0.15) is 5.26 Å². The van der Waals surface area contributed by atoms with E-state index in [0.29, 0.717) is 12.5 Å². The van der Waals surface area contributed by atoms with E-state index in [1.165, 1.54) is 5.56 Å². The molecule has 5 nitrogen and oxygen atoms in total. The summed E-state index contributed by atoms with van der Waals surface area (Å²) >= 11 is 5.87. The molecule has 21 heavy (non-hydrogen) atoms. The molecule has 0 bridgehead atoms. The first-order chi connectivity index (χ1) is 10.2. The molecule has 2 saturated heterocycles. The smallest absolute Gasteiger partial charge is 0.317 e. The molecule has 110 valence electrons. The highest BCUT2D eigenvalue weighted by Crippen LogP contribution is 2.28. The van der Waals surface area contributed by atoms with E-state index >= 15 is 0 Å². The van der Waals surface area contributed by atoms with Crippen molar-refractivity contribution < 1.29 is 4.79 Å². The van der Waals surface area contributed by atoms with E-state index in [2.05, 4.69) is 11.5 Å². The summed E-state index contributed by atoms with van der Waals surface area (Å²) in [5.74, 6) is 0.396. The van der Waals surface area contributed by atoms with Crippen LogP contribution in [-0.2, 0) is 0 Å². The van der Waals surface area contributed by atoms with Gasteiger partial charge in [-0.15, -0.1) is 0 Å². The fourth-order valence-corrected chi connectivity index (χ4v) is 2.95. The maximum absolute atomic E-state index is 12.1. The zero-order valence-corrected chi connectivity index (χ0v) is 12.4. The van der Waals surface area contributed by atoms with Crippen LogP contribution in [0.15, 0.2) is 24.3 Å². The van der Waals surface area contributed by atoms with Crippen molar-refractivity contribution in [3.63, 3.8) is 0 Å². The van der Waals surface area contributed by atoms with Gasteiger partial charge in [0.05, 0.1) is 6.04 Å². The summed E-state index contributed by atoms with van der Waals surface area (Å²) in [6.07, 6.45) is 2.96. The minimum Gasteiger partial charge on any atom is -0.333 e. The molecule has 1 aromatic carbocycles. The SMILES string of the molecule is N#CN1CC[C@@H](NC(=O)N2CC(c3ccc(Cl)cc3)C2)C1. The molecule has 6 heteroatoms. The van der Waals surface area contributed by atoms with E-state index in [1.807, 2.05) is 29.2 Å². The molecule has 1 atom stereocenters. The third kappa shape index (κ3) is 3.06. The second-order valence-corrected chi connectivity index (χ2v) is 6.07. The first kappa shape index (κ1) is 14.0. The Labute approximate surface area is 129 Å². The van der Waals surface area contributed by atoms with Gasteiger partial charge in [-0.25, -0.2) is 4.79 Å². The fraction of sp³-hybridized carbons (Fsp3) is 0.467. The molecule has 0 aliphatic carbocycles. The molecule has 2 fully saturated rings. The third-order valence-electron chi connectivity index (χ3n) is 4.17. The first-order valence-electron chi connectivity index (χ1n) is 7.11. The quantitative estimate of drug-likeness (QED) is 0.850. The summed E-state index contributed by atoms with van der Waals surface area (Å²) in [5.41, 5.74) is 1.22. The van der Waals surface area contributed by atoms with Crippen molar-refractivity contribution in [3.05, 3.63) is 34.9 Å². The number of benzene rings is 1. The molecule has 3 rings (SSSR count). The number of halogens is 1. The van der Waals surface area contributed by atoms with Gasteiger partial charge in [-0.1, -0.05) is 23.7 Å². The molecule has 2 heterocycles. The Kier molecular flexibility index (Phi) is 3.89. The number of carbonyl (C=O) groups excluding carboxylic acids is 1. The highest BCUT2D eigenvalue weighted by molar-refractivity contribution is 6.30. The summed E-state index contributed by atoms with van der Waals surface area (Å²) in [7, 11) is 0. The summed E-state index contributed by atoms with van der Waals surface area (Å²) in [6, 6.07) is 7.87. The first-order valence-corrected chi connectivity index (χ1v) is 7.49. The summed E-state index contributed by atoms with van der Waals surface area (Å²) < 4.78 is 0. The summed E-state index contributed by atoms with van der Waals surface area (Å²) in [4.78, 5) is 15.6. The van der Waals surface area contributed by atoms with Crippen LogP contribution in [0.1, 0.15) is 17.9 Å². The molecular formula is C15H17ClN4O. The van der Waals surface area contributed by atoms with Gasteiger partial charge in [0, 0.05) is 37.1 Å². The van der Waals surface area contributed by atoms with Gasteiger partial charge >= 0.3 is 6.03 Å². The van der Waals surface area contributed by atoms with Crippen LogP contribution in [0.25, 0.3) is 0 Å². The average molecular weight is 305 g/mol. The standard InChI is InChI=1S/C15H17ClN4O/c16-13-3-1-11(2-4-13)12-7-20(8-12)15(21)18-14-5-6-19(9-14)10-17/h1-4,12,14H,5-9H2,(H,18,21)/t14-/m1/s1. The summed E-state index contributed by atoms with van der Waals surface area (Å²) in [6.45, 7) is 2.83. The van der Waals surface area contributed by atoms with Gasteiger partial charge in [0.25, 0.3) is 0 Å². The molecule has 1 N–H and O–H groups in total. The molecule has 0 aromatic heterocycles. The maximum atomic E-state index is 12.1. The Hall–Kier alpha value is -1.93. The predicted octanol–water partition coefficient (Wildman–Crippen LogP) is 2.00. The Balaban J connectivity index is 1.47. The van der Waals surface area contributed by atoms with E-state index in [1.54, 1.807) is 4.90 Å². The van der Waals surface area contributed by atoms with E-state index in [0.717, 1.165) is 31.1 Å². The van der Waals surface area contributed by atoms with E-state index in [4.69, 9.17) is 16.9 Å². The van der Waals surface area contributed by atoms with E-state index in [-0.39, 0.29) is 12.1 Å². The number of amides is 2. The van der Waals surface area contributed by atoms with Crippen LogP contribution in [0.4, 0.5) is 4.79 Å². The number of urea groups is 1. The molecule has 2 aliphatic heterocycles. The molecule has 0 spiro atoms. The maximum Gasteiger partial charge on any atom is 0.317 e. The zero-order valence-electron chi connectivity index (χ0n) is 11.6. The second kappa shape index (κ2) is 5.82.